The van der Waals surface area contributed by atoms with E-state index in [4.69, 9.17) is 9.84 Å². The zero-order valence-corrected chi connectivity index (χ0v) is 10.5. The number of hydrogen-bond acceptors (Lipinski definition) is 2. The summed E-state index contributed by atoms with van der Waals surface area (Å²) in [5.74, 6) is -0.347. The molecule has 1 atom stereocenters. The van der Waals surface area contributed by atoms with Crippen molar-refractivity contribution in [3.8, 4) is 5.75 Å². The topological polar surface area (TPSA) is 46.5 Å². The van der Waals surface area contributed by atoms with Crippen molar-refractivity contribution in [3.63, 3.8) is 0 Å². The molecule has 0 radical (unpaired) electrons. The molecule has 0 bridgehead atoms. The van der Waals surface area contributed by atoms with Crippen LogP contribution in [0.4, 0.5) is 0 Å². The average Bonchev–Trinajstić information content (AvgIpc) is 2.13. The number of benzene rings is 1. The van der Waals surface area contributed by atoms with Crippen LogP contribution in [0.3, 0.4) is 0 Å². The summed E-state index contributed by atoms with van der Waals surface area (Å²) in [5, 5.41) is 8.72. The summed E-state index contributed by atoms with van der Waals surface area (Å²) >= 11 is 3.40. The Balaban J connectivity index is 2.95. The lowest BCUT2D eigenvalue weighted by Crippen LogP contribution is -2.23. The van der Waals surface area contributed by atoms with Gasteiger partial charge in [-0.05, 0) is 44.0 Å². The van der Waals surface area contributed by atoms with Gasteiger partial charge in [0.2, 0.25) is 0 Å². The molecule has 0 aliphatic rings. The minimum atomic E-state index is -0.963. The fourth-order valence-corrected chi connectivity index (χ4v) is 1.58. The van der Waals surface area contributed by atoms with E-state index in [2.05, 4.69) is 15.9 Å². The molecule has 0 saturated heterocycles. The van der Waals surface area contributed by atoms with Gasteiger partial charge in [0.1, 0.15) is 5.75 Å². The highest BCUT2D eigenvalue weighted by Crippen LogP contribution is 2.26. The van der Waals surface area contributed by atoms with Crippen LogP contribution in [0.5, 0.6) is 5.75 Å². The predicted octanol–water partition coefficient (Wildman–Crippen LogP) is 2.92. The van der Waals surface area contributed by atoms with Crippen molar-refractivity contribution >= 4 is 21.9 Å². The molecule has 3 nitrogen and oxygen atoms in total. The maximum Gasteiger partial charge on any atom is 0.344 e. The normalized spacial score (nSPS) is 12.3. The number of ether oxygens (including phenoxy) is 1. The van der Waals surface area contributed by atoms with Crippen LogP contribution in [0.15, 0.2) is 16.6 Å². The molecule has 0 spiro atoms. The van der Waals surface area contributed by atoms with Gasteiger partial charge in [-0.2, -0.15) is 0 Å². The van der Waals surface area contributed by atoms with E-state index in [1.54, 1.807) is 0 Å². The Hall–Kier alpha value is -1.03. The molecule has 0 saturated carbocycles. The molecular weight excluding hydrogens is 260 g/mol. The van der Waals surface area contributed by atoms with Crippen molar-refractivity contribution in [3.05, 3.63) is 27.7 Å². The molecule has 1 N–H and O–H groups in total. The third kappa shape index (κ3) is 2.96. The number of hydrogen-bond donors (Lipinski definition) is 1. The Morgan fingerprint density at radius 1 is 1.40 bits per heavy atom. The molecule has 1 rings (SSSR count). The van der Waals surface area contributed by atoms with Crippen LogP contribution in [0.25, 0.3) is 0 Å². The fourth-order valence-electron chi connectivity index (χ4n) is 1.12. The van der Waals surface area contributed by atoms with Gasteiger partial charge in [-0.1, -0.05) is 15.9 Å². The molecule has 0 aliphatic carbocycles. The number of rotatable bonds is 3. The molecule has 1 aromatic rings. The monoisotopic (exact) mass is 272 g/mol. The molecule has 0 aromatic heterocycles. The summed E-state index contributed by atoms with van der Waals surface area (Å²) in [6.45, 7) is 5.33. The van der Waals surface area contributed by atoms with Crippen molar-refractivity contribution in [2.24, 2.45) is 0 Å². The minimum absolute atomic E-state index is 0.616. The second-order valence-corrected chi connectivity index (χ2v) is 4.32. The molecule has 15 heavy (non-hydrogen) atoms. The van der Waals surface area contributed by atoms with Gasteiger partial charge in [0.05, 0.1) is 0 Å². The van der Waals surface area contributed by atoms with E-state index < -0.39 is 12.1 Å². The second-order valence-electron chi connectivity index (χ2n) is 3.47. The van der Waals surface area contributed by atoms with E-state index in [-0.39, 0.29) is 0 Å². The van der Waals surface area contributed by atoms with Crippen molar-refractivity contribution < 1.29 is 14.6 Å². The van der Waals surface area contributed by atoms with Crippen LogP contribution in [-0.2, 0) is 4.79 Å². The maximum atomic E-state index is 10.6. The molecule has 4 heteroatoms. The average molecular weight is 273 g/mol. The van der Waals surface area contributed by atoms with Gasteiger partial charge in [0.15, 0.2) is 6.10 Å². The van der Waals surface area contributed by atoms with Crippen LogP contribution in [0.1, 0.15) is 18.1 Å². The van der Waals surface area contributed by atoms with Crippen LogP contribution in [0, 0.1) is 13.8 Å². The highest BCUT2D eigenvalue weighted by atomic mass is 79.9. The van der Waals surface area contributed by atoms with Gasteiger partial charge in [-0.25, -0.2) is 4.79 Å². The molecular formula is C11H13BrO3. The van der Waals surface area contributed by atoms with Gasteiger partial charge in [0.25, 0.3) is 0 Å². The summed E-state index contributed by atoms with van der Waals surface area (Å²) in [5.41, 5.74) is 1.94. The highest BCUT2D eigenvalue weighted by Gasteiger charge is 2.14. The number of aryl methyl sites for hydroxylation is 2. The van der Waals surface area contributed by atoms with Gasteiger partial charge in [-0.3, -0.25) is 0 Å². The molecule has 1 unspecified atom stereocenters. The van der Waals surface area contributed by atoms with Crippen LogP contribution < -0.4 is 4.74 Å². The SMILES string of the molecule is Cc1cc(OC(C)C(=O)O)c(C)cc1Br. The first-order valence-corrected chi connectivity index (χ1v) is 5.37. The van der Waals surface area contributed by atoms with Crippen molar-refractivity contribution in [1.82, 2.24) is 0 Å². The van der Waals surface area contributed by atoms with Crippen molar-refractivity contribution in [1.29, 1.82) is 0 Å². The summed E-state index contributed by atoms with van der Waals surface area (Å²) in [6.07, 6.45) is -0.829. The highest BCUT2D eigenvalue weighted by molar-refractivity contribution is 9.10. The smallest absolute Gasteiger partial charge is 0.344 e. The van der Waals surface area contributed by atoms with E-state index in [9.17, 15) is 4.79 Å². The van der Waals surface area contributed by atoms with Gasteiger partial charge in [0, 0.05) is 4.47 Å². The lowest BCUT2D eigenvalue weighted by molar-refractivity contribution is -0.144. The molecule has 0 amide bonds. The van der Waals surface area contributed by atoms with Crippen molar-refractivity contribution in [2.75, 3.05) is 0 Å². The maximum absolute atomic E-state index is 10.6. The first-order valence-electron chi connectivity index (χ1n) is 4.58. The van der Waals surface area contributed by atoms with Crippen LogP contribution in [-0.4, -0.2) is 17.2 Å². The van der Waals surface area contributed by atoms with Gasteiger partial charge < -0.3 is 9.84 Å². The lowest BCUT2D eigenvalue weighted by Gasteiger charge is -2.14. The third-order valence-corrected chi connectivity index (χ3v) is 2.96. The van der Waals surface area contributed by atoms with Crippen LogP contribution in [0.2, 0.25) is 0 Å². The molecule has 0 fully saturated rings. The standard InChI is InChI=1S/C11H13BrO3/c1-6-5-10(7(2)4-9(6)12)15-8(3)11(13)14/h4-5,8H,1-3H3,(H,13,14). The van der Waals surface area contributed by atoms with E-state index >= 15 is 0 Å². The lowest BCUT2D eigenvalue weighted by atomic mass is 10.1. The number of aliphatic carboxylic acids is 1. The van der Waals surface area contributed by atoms with E-state index in [1.807, 2.05) is 26.0 Å². The summed E-state index contributed by atoms with van der Waals surface area (Å²) in [4.78, 5) is 10.6. The number of halogens is 1. The first kappa shape index (κ1) is 12.0. The molecule has 0 heterocycles. The Bertz CT molecular complexity index is 388. The Morgan fingerprint density at radius 3 is 2.53 bits per heavy atom. The summed E-state index contributed by atoms with van der Waals surface area (Å²) in [6, 6.07) is 3.75. The van der Waals surface area contributed by atoms with E-state index in [0.29, 0.717) is 5.75 Å². The molecule has 0 aliphatic heterocycles. The largest absolute Gasteiger partial charge is 0.479 e. The Kier molecular flexibility index (Phi) is 3.74. The quantitative estimate of drug-likeness (QED) is 0.921. The van der Waals surface area contributed by atoms with Gasteiger partial charge in [-0.15, -0.1) is 0 Å². The van der Waals surface area contributed by atoms with E-state index in [1.165, 1.54) is 6.92 Å². The second kappa shape index (κ2) is 4.66. The zero-order valence-electron chi connectivity index (χ0n) is 8.87. The van der Waals surface area contributed by atoms with E-state index in [0.717, 1.165) is 15.6 Å². The third-order valence-electron chi connectivity index (χ3n) is 2.11. The Labute approximate surface area is 97.2 Å². The first-order chi connectivity index (χ1) is 6.91. The zero-order chi connectivity index (χ0) is 11.6. The molecule has 82 valence electrons. The summed E-state index contributed by atoms with van der Waals surface area (Å²) < 4.78 is 6.32. The number of carbonyl (C=O) groups is 1. The number of carboxylic acids is 1. The minimum Gasteiger partial charge on any atom is -0.479 e. The summed E-state index contributed by atoms with van der Waals surface area (Å²) in [7, 11) is 0. The predicted molar refractivity (Wildman–Crippen MR) is 61.3 cm³/mol. The fraction of sp³-hybridized carbons (Fsp3) is 0.364. The van der Waals surface area contributed by atoms with Crippen LogP contribution >= 0.6 is 15.9 Å². The van der Waals surface area contributed by atoms with Crippen molar-refractivity contribution in [2.45, 2.75) is 26.9 Å². The Morgan fingerprint density at radius 2 is 2.00 bits per heavy atom. The van der Waals surface area contributed by atoms with Gasteiger partial charge >= 0.3 is 5.97 Å². The number of carboxylic acid groups (broad SMARTS) is 1. The molecule has 1 aromatic carbocycles.